The van der Waals surface area contributed by atoms with Crippen molar-refractivity contribution in [2.24, 2.45) is 0 Å². The molecule has 0 atom stereocenters. The summed E-state index contributed by atoms with van der Waals surface area (Å²) in [6.45, 7) is -0.582. The number of carbonyl (C=O) groups excluding carboxylic acids is 1. The largest absolute Gasteiger partial charge is 0.346 e. The van der Waals surface area contributed by atoms with Gasteiger partial charge in [-0.3, -0.25) is 19.1 Å². The number of anilines is 1. The van der Waals surface area contributed by atoms with Crippen LogP contribution in [0.5, 0.6) is 0 Å². The third-order valence-electron chi connectivity index (χ3n) is 4.67. The average Bonchev–Trinajstić information content (AvgIpc) is 2.77. The van der Waals surface area contributed by atoms with Gasteiger partial charge in [-0.05, 0) is 54.6 Å². The summed E-state index contributed by atoms with van der Waals surface area (Å²) in [5.74, 6) is -0.638. The minimum absolute atomic E-state index is 0.0152. The van der Waals surface area contributed by atoms with Crippen molar-refractivity contribution in [1.82, 2.24) is 13.5 Å². The highest BCUT2D eigenvalue weighted by molar-refractivity contribution is 7.90. The van der Waals surface area contributed by atoms with Gasteiger partial charge in [-0.2, -0.15) is 0 Å². The molecule has 1 N–H and O–H groups in total. The smallest absolute Gasteiger partial charge is 0.323 e. The molecule has 168 valence electrons. The lowest BCUT2D eigenvalue weighted by Crippen LogP contribution is -2.45. The summed E-state index contributed by atoms with van der Waals surface area (Å²) >= 11 is 11.9. The Morgan fingerprint density at radius 3 is 2.36 bits per heavy atom. The molecule has 0 aliphatic rings. The van der Waals surface area contributed by atoms with Crippen molar-refractivity contribution in [1.29, 1.82) is 0 Å². The van der Waals surface area contributed by atoms with Crippen LogP contribution >= 0.6 is 23.2 Å². The molecule has 9 nitrogen and oxygen atoms in total. The maximum Gasteiger partial charge on any atom is 0.346 e. The Hall–Kier alpha value is -3.47. The quantitative estimate of drug-likeness (QED) is 0.446. The van der Waals surface area contributed by atoms with Crippen LogP contribution in [0, 0.1) is 0 Å². The monoisotopic (exact) mass is 504 g/mol. The van der Waals surface area contributed by atoms with Gasteiger partial charge in [-0.25, -0.2) is 13.2 Å². The number of nitrogens with one attached hydrogen (secondary N) is 1. The molecule has 0 fully saturated rings. The van der Waals surface area contributed by atoms with Gasteiger partial charge in [0.25, 0.3) is 15.6 Å². The van der Waals surface area contributed by atoms with Crippen molar-refractivity contribution in [2.45, 2.75) is 11.4 Å². The fourth-order valence-electron chi connectivity index (χ4n) is 3.18. The van der Waals surface area contributed by atoms with Gasteiger partial charge in [0.15, 0.2) is 0 Å². The Kier molecular flexibility index (Phi) is 6.07. The molecule has 2 aromatic heterocycles. The lowest BCUT2D eigenvalue weighted by molar-refractivity contribution is -0.116. The van der Waals surface area contributed by atoms with E-state index in [1.54, 1.807) is 12.1 Å². The van der Waals surface area contributed by atoms with E-state index in [1.807, 2.05) is 0 Å². The first-order valence-electron chi connectivity index (χ1n) is 9.34. The van der Waals surface area contributed by atoms with E-state index in [0.717, 1.165) is 4.57 Å². The zero-order valence-electron chi connectivity index (χ0n) is 16.6. The number of pyridine rings is 1. The maximum atomic E-state index is 13.3. The fraction of sp³-hybridized carbons (Fsp3) is 0.0476. The minimum Gasteiger partial charge on any atom is -0.323 e. The van der Waals surface area contributed by atoms with Gasteiger partial charge in [0.05, 0.1) is 27.7 Å². The number of fused-ring (bicyclic) bond motifs is 1. The molecular weight excluding hydrogens is 491 g/mol. The minimum atomic E-state index is -4.60. The first kappa shape index (κ1) is 22.7. The average molecular weight is 505 g/mol. The molecule has 33 heavy (non-hydrogen) atoms. The van der Waals surface area contributed by atoms with Crippen LogP contribution in [0.1, 0.15) is 0 Å². The molecule has 0 saturated carbocycles. The van der Waals surface area contributed by atoms with Gasteiger partial charge in [-0.1, -0.05) is 23.2 Å². The van der Waals surface area contributed by atoms with Gasteiger partial charge >= 0.3 is 5.69 Å². The number of hydrogen-bond donors (Lipinski definition) is 1. The second kappa shape index (κ2) is 8.81. The van der Waals surface area contributed by atoms with E-state index in [-0.39, 0.29) is 29.8 Å². The lowest BCUT2D eigenvalue weighted by Gasteiger charge is -2.15. The first-order valence-corrected chi connectivity index (χ1v) is 11.5. The van der Waals surface area contributed by atoms with Crippen molar-refractivity contribution < 1.29 is 13.2 Å². The van der Waals surface area contributed by atoms with Crippen LogP contribution in [0.25, 0.3) is 10.9 Å². The van der Waals surface area contributed by atoms with Gasteiger partial charge in [0, 0.05) is 16.2 Å². The van der Waals surface area contributed by atoms with Gasteiger partial charge < -0.3 is 5.32 Å². The number of nitrogens with zero attached hydrogens (tertiary/aromatic N) is 3. The van der Waals surface area contributed by atoms with Crippen LogP contribution in [-0.2, 0) is 21.4 Å². The van der Waals surface area contributed by atoms with E-state index < -0.39 is 33.7 Å². The zero-order chi connectivity index (χ0) is 23.8. The molecule has 4 aromatic rings. The maximum absolute atomic E-state index is 13.3. The van der Waals surface area contributed by atoms with Crippen LogP contribution in [-0.4, -0.2) is 27.8 Å². The molecule has 0 aliphatic carbocycles. The molecule has 1 amide bonds. The summed E-state index contributed by atoms with van der Waals surface area (Å²) in [5.41, 5.74) is -1.89. The second-order valence-corrected chi connectivity index (χ2v) is 9.51. The van der Waals surface area contributed by atoms with E-state index in [2.05, 4.69) is 10.3 Å². The molecule has 0 spiro atoms. The molecule has 0 saturated heterocycles. The summed E-state index contributed by atoms with van der Waals surface area (Å²) in [6.07, 6.45) is 2.93. The lowest BCUT2D eigenvalue weighted by atomic mass is 10.2. The van der Waals surface area contributed by atoms with E-state index in [1.165, 1.54) is 54.9 Å². The van der Waals surface area contributed by atoms with Crippen molar-refractivity contribution in [3.05, 3.63) is 97.9 Å². The Balaban J connectivity index is 1.92. The number of amides is 1. The number of rotatable bonds is 5. The Labute approximate surface area is 196 Å². The van der Waals surface area contributed by atoms with Gasteiger partial charge in [0.1, 0.15) is 6.54 Å². The van der Waals surface area contributed by atoms with Crippen molar-refractivity contribution in [3.8, 4) is 0 Å². The molecule has 4 rings (SSSR count). The number of benzene rings is 2. The molecule has 2 heterocycles. The van der Waals surface area contributed by atoms with Crippen molar-refractivity contribution in [3.63, 3.8) is 0 Å². The summed E-state index contributed by atoms with van der Waals surface area (Å²) in [7, 11) is -4.60. The highest BCUT2D eigenvalue weighted by Crippen LogP contribution is 2.19. The molecule has 2 aromatic carbocycles. The number of hydrogen-bond acceptors (Lipinski definition) is 6. The van der Waals surface area contributed by atoms with Crippen LogP contribution in [0.2, 0.25) is 10.0 Å². The van der Waals surface area contributed by atoms with Crippen LogP contribution < -0.4 is 16.6 Å². The summed E-state index contributed by atoms with van der Waals surface area (Å²) in [4.78, 5) is 42.5. The highest BCUT2D eigenvalue weighted by Gasteiger charge is 2.26. The third-order valence-corrected chi connectivity index (χ3v) is 6.83. The van der Waals surface area contributed by atoms with Crippen molar-refractivity contribution >= 4 is 55.7 Å². The predicted octanol–water partition coefficient (Wildman–Crippen LogP) is 2.74. The number of halogens is 2. The van der Waals surface area contributed by atoms with Crippen LogP contribution in [0.3, 0.4) is 0 Å². The third kappa shape index (κ3) is 4.40. The highest BCUT2D eigenvalue weighted by atomic mass is 35.5. The summed E-state index contributed by atoms with van der Waals surface area (Å²) in [5, 5.41) is 2.93. The van der Waals surface area contributed by atoms with E-state index in [0.29, 0.717) is 5.69 Å². The predicted molar refractivity (Wildman–Crippen MR) is 124 cm³/mol. The van der Waals surface area contributed by atoms with Crippen LogP contribution in [0.4, 0.5) is 5.69 Å². The first-order chi connectivity index (χ1) is 15.7. The zero-order valence-corrected chi connectivity index (χ0v) is 18.9. The Morgan fingerprint density at radius 1 is 1.00 bits per heavy atom. The SMILES string of the molecule is O=C(Cn1c(=O)n(S(=O)(=O)c2ccc(Cl)cc2)c(=O)c2ccc(Cl)cc21)Nc1cccnc1. The topological polar surface area (TPSA) is 120 Å². The molecule has 0 bridgehead atoms. The second-order valence-electron chi connectivity index (χ2n) is 6.85. The Bertz CT molecular complexity index is 1600. The molecule has 12 heteroatoms. The van der Waals surface area contributed by atoms with Gasteiger partial charge in [0.2, 0.25) is 5.91 Å². The van der Waals surface area contributed by atoms with Gasteiger partial charge in [-0.15, -0.1) is 3.97 Å². The molecule has 0 aliphatic heterocycles. The van der Waals surface area contributed by atoms with E-state index in [4.69, 9.17) is 23.2 Å². The van der Waals surface area contributed by atoms with Crippen LogP contribution in [0.15, 0.2) is 81.5 Å². The van der Waals surface area contributed by atoms with Crippen molar-refractivity contribution in [2.75, 3.05) is 5.32 Å². The Morgan fingerprint density at radius 2 is 1.70 bits per heavy atom. The summed E-state index contributed by atoms with van der Waals surface area (Å²) in [6, 6.07) is 12.2. The van der Waals surface area contributed by atoms with E-state index in [9.17, 15) is 22.8 Å². The normalized spacial score (nSPS) is 11.5. The number of aromatic nitrogens is 3. The fourth-order valence-corrected chi connectivity index (χ4v) is 4.78. The van der Waals surface area contributed by atoms with E-state index >= 15 is 0 Å². The molecule has 0 unspecified atom stereocenters. The standard InChI is InChI=1S/C21H14Cl2N4O5S/c22-13-3-6-16(7-4-13)33(31,32)27-20(29)17-8-5-14(23)10-18(17)26(21(27)30)12-19(28)25-15-2-1-9-24-11-15/h1-11H,12H2,(H,25,28). The summed E-state index contributed by atoms with van der Waals surface area (Å²) < 4.78 is 27.4. The molecule has 0 radical (unpaired) electrons. The number of carbonyl (C=O) groups is 1. The molecular formula is C21H14Cl2N4O5S.